The molecule has 0 bridgehead atoms. The van der Waals surface area contributed by atoms with Gasteiger partial charge in [0.1, 0.15) is 17.5 Å². The van der Waals surface area contributed by atoms with Gasteiger partial charge >= 0.3 is 0 Å². The van der Waals surface area contributed by atoms with Crippen LogP contribution in [0.4, 0.5) is 14.6 Å². The van der Waals surface area contributed by atoms with Gasteiger partial charge in [-0.25, -0.2) is 13.8 Å². The molecule has 0 unspecified atom stereocenters. The van der Waals surface area contributed by atoms with Crippen molar-refractivity contribution in [2.24, 2.45) is 0 Å². The normalized spacial score (nSPS) is 10.6. The summed E-state index contributed by atoms with van der Waals surface area (Å²) in [6.07, 6.45) is 0. The highest BCUT2D eigenvalue weighted by Crippen LogP contribution is 2.33. The van der Waals surface area contributed by atoms with Crippen molar-refractivity contribution >= 4 is 29.0 Å². The van der Waals surface area contributed by atoms with Gasteiger partial charge in [-0.3, -0.25) is 0 Å². The lowest BCUT2D eigenvalue weighted by molar-refractivity contribution is 0.585. The number of nitrogens with one attached hydrogen (secondary N) is 1. The molecule has 2 rings (SSSR count). The maximum atomic E-state index is 13.7. The zero-order valence-electron chi connectivity index (χ0n) is 9.98. The van der Waals surface area contributed by atoms with E-state index in [-0.39, 0.29) is 16.3 Å². The van der Waals surface area contributed by atoms with Crippen molar-refractivity contribution in [1.29, 1.82) is 0 Å². The molecule has 6 heteroatoms. The quantitative estimate of drug-likeness (QED) is 0.884. The van der Waals surface area contributed by atoms with Crippen LogP contribution >= 0.6 is 23.2 Å². The summed E-state index contributed by atoms with van der Waals surface area (Å²) in [7, 11) is 0. The molecule has 2 nitrogen and oxygen atoms in total. The van der Waals surface area contributed by atoms with E-state index in [1.807, 2.05) is 6.92 Å². The average molecular weight is 303 g/mol. The fourth-order valence-electron chi connectivity index (χ4n) is 1.63. The van der Waals surface area contributed by atoms with Gasteiger partial charge in [-0.1, -0.05) is 23.2 Å². The van der Waals surface area contributed by atoms with E-state index in [0.717, 1.165) is 12.1 Å². The Hall–Kier alpha value is -1.39. The number of anilines is 1. The molecule has 0 saturated heterocycles. The minimum atomic E-state index is -0.723. The molecule has 0 aliphatic rings. The van der Waals surface area contributed by atoms with E-state index in [9.17, 15) is 8.78 Å². The van der Waals surface area contributed by atoms with Crippen molar-refractivity contribution in [3.05, 3.63) is 45.9 Å². The van der Waals surface area contributed by atoms with E-state index in [2.05, 4.69) is 10.3 Å². The molecule has 0 spiro atoms. The minimum absolute atomic E-state index is 0.127. The van der Waals surface area contributed by atoms with Crippen molar-refractivity contribution in [1.82, 2.24) is 4.98 Å². The van der Waals surface area contributed by atoms with Gasteiger partial charge in [0.2, 0.25) is 0 Å². The van der Waals surface area contributed by atoms with Crippen molar-refractivity contribution < 1.29 is 8.78 Å². The lowest BCUT2D eigenvalue weighted by Gasteiger charge is -2.10. The Kier molecular flexibility index (Phi) is 4.22. The van der Waals surface area contributed by atoms with Crippen molar-refractivity contribution in [3.8, 4) is 11.3 Å². The van der Waals surface area contributed by atoms with Gasteiger partial charge in [0.15, 0.2) is 0 Å². The van der Waals surface area contributed by atoms with Gasteiger partial charge in [0.25, 0.3) is 0 Å². The topological polar surface area (TPSA) is 24.9 Å². The summed E-state index contributed by atoms with van der Waals surface area (Å²) in [6.45, 7) is 2.49. The van der Waals surface area contributed by atoms with E-state index < -0.39 is 11.6 Å². The third-order valence-electron chi connectivity index (χ3n) is 2.46. The van der Waals surface area contributed by atoms with Crippen molar-refractivity contribution in [2.75, 3.05) is 11.9 Å². The maximum Gasteiger partial charge on any atom is 0.145 e. The van der Waals surface area contributed by atoms with Crippen molar-refractivity contribution in [2.45, 2.75) is 6.92 Å². The van der Waals surface area contributed by atoms with E-state index in [0.29, 0.717) is 17.4 Å². The van der Waals surface area contributed by atoms with Crippen LogP contribution in [0.1, 0.15) is 6.92 Å². The Morgan fingerprint density at radius 3 is 2.53 bits per heavy atom. The number of aromatic nitrogens is 1. The molecule has 0 radical (unpaired) electrons. The van der Waals surface area contributed by atoms with E-state index in [1.165, 1.54) is 12.1 Å². The first-order chi connectivity index (χ1) is 9.02. The fraction of sp³-hybridized carbons (Fsp3) is 0.154. The lowest BCUT2D eigenvalue weighted by Crippen LogP contribution is -2.02. The molecule has 1 N–H and O–H groups in total. The second-order valence-electron chi connectivity index (χ2n) is 3.80. The fourth-order valence-corrected chi connectivity index (χ4v) is 2.16. The Morgan fingerprint density at radius 2 is 1.89 bits per heavy atom. The first-order valence-electron chi connectivity index (χ1n) is 5.58. The Balaban J connectivity index is 2.58. The summed E-state index contributed by atoms with van der Waals surface area (Å²) < 4.78 is 26.6. The first kappa shape index (κ1) is 14.0. The smallest absolute Gasteiger partial charge is 0.145 e. The summed E-state index contributed by atoms with van der Waals surface area (Å²) in [5.41, 5.74) is 0.349. The lowest BCUT2D eigenvalue weighted by atomic mass is 10.1. The molecular formula is C13H10Cl2F2N2. The highest BCUT2D eigenvalue weighted by molar-refractivity contribution is 6.37. The summed E-state index contributed by atoms with van der Waals surface area (Å²) in [5, 5.41) is 3.50. The number of benzene rings is 1. The number of hydrogen-bond donors (Lipinski definition) is 1. The molecule has 0 saturated carbocycles. The van der Waals surface area contributed by atoms with E-state index in [1.54, 1.807) is 0 Å². The SMILES string of the molecule is CCNc1nc(-c2ccc(F)cc2F)c(Cl)cc1Cl. The van der Waals surface area contributed by atoms with Gasteiger partial charge in [-0.05, 0) is 25.1 Å². The van der Waals surface area contributed by atoms with Crippen LogP contribution in [0.15, 0.2) is 24.3 Å². The van der Waals surface area contributed by atoms with Crippen LogP contribution in [-0.2, 0) is 0 Å². The largest absolute Gasteiger partial charge is 0.369 e. The maximum absolute atomic E-state index is 13.7. The van der Waals surface area contributed by atoms with Crippen LogP contribution in [0.5, 0.6) is 0 Å². The van der Waals surface area contributed by atoms with Crippen LogP contribution in [0.2, 0.25) is 10.0 Å². The number of rotatable bonds is 3. The van der Waals surface area contributed by atoms with Crippen LogP contribution in [0.3, 0.4) is 0 Å². The Morgan fingerprint density at radius 1 is 1.16 bits per heavy atom. The highest BCUT2D eigenvalue weighted by atomic mass is 35.5. The molecule has 2 aromatic rings. The van der Waals surface area contributed by atoms with Crippen LogP contribution in [0.25, 0.3) is 11.3 Å². The van der Waals surface area contributed by atoms with E-state index in [4.69, 9.17) is 23.2 Å². The third-order valence-corrected chi connectivity index (χ3v) is 3.04. The summed E-state index contributed by atoms with van der Waals surface area (Å²) in [5.74, 6) is -0.968. The predicted octanol–water partition coefficient (Wildman–Crippen LogP) is 4.77. The summed E-state index contributed by atoms with van der Waals surface area (Å²) in [4.78, 5) is 4.18. The molecule has 1 heterocycles. The van der Waals surface area contributed by atoms with Gasteiger partial charge in [0.05, 0.1) is 15.7 Å². The first-order valence-corrected chi connectivity index (χ1v) is 6.34. The molecular weight excluding hydrogens is 293 g/mol. The second kappa shape index (κ2) is 5.72. The van der Waals surface area contributed by atoms with Crippen LogP contribution in [-0.4, -0.2) is 11.5 Å². The average Bonchev–Trinajstić information content (AvgIpc) is 2.34. The molecule has 19 heavy (non-hydrogen) atoms. The van der Waals surface area contributed by atoms with Crippen LogP contribution in [0, 0.1) is 11.6 Å². The summed E-state index contributed by atoms with van der Waals surface area (Å²) >= 11 is 12.0. The van der Waals surface area contributed by atoms with Crippen LogP contribution < -0.4 is 5.32 Å². The molecule has 0 amide bonds. The number of hydrogen-bond acceptors (Lipinski definition) is 2. The summed E-state index contributed by atoms with van der Waals surface area (Å²) in [6, 6.07) is 4.71. The monoisotopic (exact) mass is 302 g/mol. The molecule has 1 aromatic heterocycles. The van der Waals surface area contributed by atoms with Gasteiger partial charge in [0, 0.05) is 18.2 Å². The van der Waals surface area contributed by atoms with Gasteiger partial charge in [-0.15, -0.1) is 0 Å². The molecule has 0 atom stereocenters. The molecule has 0 fully saturated rings. The number of nitrogens with zero attached hydrogens (tertiary/aromatic N) is 1. The van der Waals surface area contributed by atoms with Gasteiger partial charge in [-0.2, -0.15) is 0 Å². The molecule has 0 aliphatic carbocycles. The van der Waals surface area contributed by atoms with Crippen molar-refractivity contribution in [3.63, 3.8) is 0 Å². The zero-order valence-corrected chi connectivity index (χ0v) is 11.5. The van der Waals surface area contributed by atoms with E-state index >= 15 is 0 Å². The number of halogens is 4. The Labute approximate surface area is 119 Å². The number of pyridine rings is 1. The minimum Gasteiger partial charge on any atom is -0.369 e. The molecule has 0 aliphatic heterocycles. The zero-order chi connectivity index (χ0) is 14.0. The molecule has 100 valence electrons. The standard InChI is InChI=1S/C13H10Cl2F2N2/c1-2-18-13-10(15)6-9(14)12(19-13)8-4-3-7(16)5-11(8)17/h3-6H,2H2,1H3,(H,18,19). The second-order valence-corrected chi connectivity index (χ2v) is 4.62. The third kappa shape index (κ3) is 2.96. The van der Waals surface area contributed by atoms with Gasteiger partial charge < -0.3 is 5.32 Å². The molecule has 1 aromatic carbocycles. The predicted molar refractivity (Wildman–Crippen MR) is 73.8 cm³/mol. The Bertz CT molecular complexity index is 618. The highest BCUT2D eigenvalue weighted by Gasteiger charge is 2.14.